The van der Waals surface area contributed by atoms with Gasteiger partial charge in [-0.15, -0.1) is 0 Å². The smallest absolute Gasteiger partial charge is 0.261 e. The fourth-order valence-corrected chi connectivity index (χ4v) is 6.86. The molecule has 0 aliphatic carbocycles. The lowest BCUT2D eigenvalue weighted by molar-refractivity contribution is 0.313. The molecule has 0 saturated carbocycles. The number of aryl methyl sites for hydroxylation is 1. The van der Waals surface area contributed by atoms with E-state index in [1.807, 2.05) is 14.0 Å². The van der Waals surface area contributed by atoms with Gasteiger partial charge in [-0.1, -0.05) is 24.1 Å². The van der Waals surface area contributed by atoms with E-state index in [0.717, 1.165) is 51.0 Å². The molecule has 0 unspecified atom stereocenters. The van der Waals surface area contributed by atoms with E-state index in [-0.39, 0.29) is 9.79 Å². The van der Waals surface area contributed by atoms with Gasteiger partial charge in [-0.3, -0.25) is 4.72 Å². The molecule has 1 N–H and O–H groups in total. The van der Waals surface area contributed by atoms with Crippen molar-refractivity contribution in [3.63, 3.8) is 0 Å². The molecule has 8 nitrogen and oxygen atoms in total. The molecular formula is C23H32N4O4S2. The lowest BCUT2D eigenvalue weighted by atomic mass is 10.2. The Balaban J connectivity index is 1.72. The van der Waals surface area contributed by atoms with Gasteiger partial charge in [0.15, 0.2) is 0 Å². The van der Waals surface area contributed by atoms with Gasteiger partial charge in [0.25, 0.3) is 10.0 Å². The lowest BCUT2D eigenvalue weighted by Gasteiger charge is -2.35. The molecule has 0 spiro atoms. The summed E-state index contributed by atoms with van der Waals surface area (Å²) in [5.74, 6) is 0. The van der Waals surface area contributed by atoms with Gasteiger partial charge in [0.1, 0.15) is 0 Å². The zero-order valence-corrected chi connectivity index (χ0v) is 20.8. The molecule has 2 fully saturated rings. The fourth-order valence-electron chi connectivity index (χ4n) is 4.26. The average molecular weight is 493 g/mol. The quantitative estimate of drug-likeness (QED) is 0.667. The number of rotatable bonds is 6. The van der Waals surface area contributed by atoms with Gasteiger partial charge in [0.2, 0.25) is 10.0 Å². The molecule has 2 aromatic carbocycles. The van der Waals surface area contributed by atoms with Crippen molar-refractivity contribution in [3.8, 4) is 0 Å². The topological polar surface area (TPSA) is 90.0 Å². The van der Waals surface area contributed by atoms with Gasteiger partial charge < -0.3 is 9.80 Å². The summed E-state index contributed by atoms with van der Waals surface area (Å²) < 4.78 is 57.1. The van der Waals surface area contributed by atoms with Gasteiger partial charge in [-0.2, -0.15) is 4.31 Å². The van der Waals surface area contributed by atoms with Crippen LogP contribution in [0.25, 0.3) is 0 Å². The SMILES string of the molecule is Cc1ccc(S(=O)(=O)Nc2cc(S(=O)(=O)N3CCCCC3)ccc2N2CCN(C)CC2)cc1. The van der Waals surface area contributed by atoms with Crippen molar-refractivity contribution in [1.82, 2.24) is 9.21 Å². The summed E-state index contributed by atoms with van der Waals surface area (Å²) >= 11 is 0. The van der Waals surface area contributed by atoms with Crippen LogP contribution in [0.2, 0.25) is 0 Å². The Morgan fingerprint density at radius 3 is 2.00 bits per heavy atom. The molecule has 0 atom stereocenters. The largest absolute Gasteiger partial charge is 0.367 e. The van der Waals surface area contributed by atoms with Crippen LogP contribution in [0.1, 0.15) is 24.8 Å². The molecule has 0 amide bonds. The highest BCUT2D eigenvalue weighted by Gasteiger charge is 2.28. The first-order chi connectivity index (χ1) is 15.7. The Kier molecular flexibility index (Phi) is 6.99. The van der Waals surface area contributed by atoms with E-state index in [2.05, 4.69) is 14.5 Å². The molecule has 2 saturated heterocycles. The van der Waals surface area contributed by atoms with Crippen LogP contribution >= 0.6 is 0 Å². The molecule has 0 aromatic heterocycles. The number of benzene rings is 2. The van der Waals surface area contributed by atoms with E-state index in [1.165, 1.54) is 10.4 Å². The maximum atomic E-state index is 13.3. The van der Waals surface area contributed by atoms with E-state index >= 15 is 0 Å². The van der Waals surface area contributed by atoms with E-state index in [4.69, 9.17) is 0 Å². The van der Waals surface area contributed by atoms with Crippen LogP contribution in [-0.4, -0.2) is 72.4 Å². The van der Waals surface area contributed by atoms with Crippen LogP contribution in [0.3, 0.4) is 0 Å². The summed E-state index contributed by atoms with van der Waals surface area (Å²) in [5, 5.41) is 0. The number of hydrogen-bond donors (Lipinski definition) is 1. The minimum atomic E-state index is -3.88. The zero-order valence-electron chi connectivity index (χ0n) is 19.2. The highest BCUT2D eigenvalue weighted by molar-refractivity contribution is 7.92. The predicted molar refractivity (Wildman–Crippen MR) is 131 cm³/mol. The fraction of sp³-hybridized carbons (Fsp3) is 0.478. The van der Waals surface area contributed by atoms with Crippen molar-refractivity contribution in [2.45, 2.75) is 36.0 Å². The van der Waals surface area contributed by atoms with Crippen LogP contribution in [0, 0.1) is 6.92 Å². The molecule has 2 aliphatic heterocycles. The Bertz CT molecular complexity index is 1180. The third-order valence-electron chi connectivity index (χ3n) is 6.34. The molecule has 33 heavy (non-hydrogen) atoms. The second-order valence-corrected chi connectivity index (χ2v) is 12.5. The molecular weight excluding hydrogens is 460 g/mol. The first-order valence-corrected chi connectivity index (χ1v) is 14.3. The van der Waals surface area contributed by atoms with Crippen LogP contribution in [0.5, 0.6) is 0 Å². The highest BCUT2D eigenvalue weighted by Crippen LogP contribution is 2.33. The number of likely N-dealkylation sites (N-methyl/N-ethyl adjacent to an activating group) is 1. The van der Waals surface area contributed by atoms with Gasteiger partial charge in [0.05, 0.1) is 21.2 Å². The number of piperidine rings is 1. The van der Waals surface area contributed by atoms with Crippen LogP contribution in [0.4, 0.5) is 11.4 Å². The molecule has 10 heteroatoms. The van der Waals surface area contributed by atoms with Crippen molar-refractivity contribution < 1.29 is 16.8 Å². The van der Waals surface area contributed by atoms with Gasteiger partial charge in [-0.05, 0) is 57.1 Å². The third kappa shape index (κ3) is 5.34. The van der Waals surface area contributed by atoms with Crippen molar-refractivity contribution in [2.24, 2.45) is 0 Å². The van der Waals surface area contributed by atoms with Gasteiger partial charge in [-0.25, -0.2) is 16.8 Å². The minimum Gasteiger partial charge on any atom is -0.367 e. The normalized spacial score (nSPS) is 18.9. The zero-order chi connectivity index (χ0) is 23.6. The lowest BCUT2D eigenvalue weighted by Crippen LogP contribution is -2.44. The second kappa shape index (κ2) is 9.61. The summed E-state index contributed by atoms with van der Waals surface area (Å²) in [7, 11) is -5.53. The maximum absolute atomic E-state index is 13.3. The summed E-state index contributed by atoms with van der Waals surface area (Å²) in [5.41, 5.74) is 1.94. The highest BCUT2D eigenvalue weighted by atomic mass is 32.2. The molecule has 2 aliphatic rings. The molecule has 0 radical (unpaired) electrons. The van der Waals surface area contributed by atoms with Crippen molar-refractivity contribution in [1.29, 1.82) is 0 Å². The van der Waals surface area contributed by atoms with Gasteiger partial charge in [0, 0.05) is 39.3 Å². The van der Waals surface area contributed by atoms with E-state index in [0.29, 0.717) is 24.5 Å². The van der Waals surface area contributed by atoms with Crippen LogP contribution in [0.15, 0.2) is 52.3 Å². The van der Waals surface area contributed by atoms with Crippen molar-refractivity contribution >= 4 is 31.4 Å². The summed E-state index contributed by atoms with van der Waals surface area (Å²) in [6.45, 7) is 6.03. The third-order valence-corrected chi connectivity index (χ3v) is 9.62. The van der Waals surface area contributed by atoms with Gasteiger partial charge >= 0.3 is 0 Å². The number of sulfonamides is 2. The number of nitrogens with zero attached hydrogens (tertiary/aromatic N) is 3. The van der Waals surface area contributed by atoms with E-state index < -0.39 is 20.0 Å². The molecule has 4 rings (SSSR count). The number of piperazine rings is 1. The van der Waals surface area contributed by atoms with E-state index in [1.54, 1.807) is 36.4 Å². The molecule has 180 valence electrons. The summed E-state index contributed by atoms with van der Waals surface area (Å²) in [6, 6.07) is 11.4. The van der Waals surface area contributed by atoms with Crippen LogP contribution in [-0.2, 0) is 20.0 Å². The van der Waals surface area contributed by atoms with Crippen molar-refractivity contribution in [3.05, 3.63) is 48.0 Å². The predicted octanol–water partition coefficient (Wildman–Crippen LogP) is 2.72. The maximum Gasteiger partial charge on any atom is 0.261 e. The standard InChI is InChI=1S/C23H32N4O4S2/c1-19-6-8-20(9-7-19)32(28,29)24-22-18-21(33(30,31)27-12-4-3-5-13-27)10-11-23(22)26-16-14-25(2)15-17-26/h6-11,18,24H,3-5,12-17H2,1-2H3. The summed E-state index contributed by atoms with van der Waals surface area (Å²) in [4.78, 5) is 4.57. The monoisotopic (exact) mass is 492 g/mol. The number of nitrogens with one attached hydrogen (secondary N) is 1. The van der Waals surface area contributed by atoms with Crippen molar-refractivity contribution in [2.75, 3.05) is 55.9 Å². The van der Waals surface area contributed by atoms with Crippen LogP contribution < -0.4 is 9.62 Å². The second-order valence-electron chi connectivity index (χ2n) is 8.85. The molecule has 2 heterocycles. The molecule has 0 bridgehead atoms. The summed E-state index contributed by atoms with van der Waals surface area (Å²) in [6.07, 6.45) is 2.70. The Morgan fingerprint density at radius 1 is 0.758 bits per heavy atom. The molecule has 2 aromatic rings. The Morgan fingerprint density at radius 2 is 1.36 bits per heavy atom. The Labute approximate surface area is 197 Å². The first-order valence-electron chi connectivity index (χ1n) is 11.3. The number of hydrogen-bond acceptors (Lipinski definition) is 6. The first kappa shape index (κ1) is 24.0. The minimum absolute atomic E-state index is 0.115. The van der Waals surface area contributed by atoms with E-state index in [9.17, 15) is 16.8 Å². The average Bonchev–Trinajstić information content (AvgIpc) is 2.80. The Hall–Kier alpha value is -2.14. The number of anilines is 2.